The van der Waals surface area contributed by atoms with E-state index in [-0.39, 0.29) is 12.4 Å². The first kappa shape index (κ1) is 19.2. The molecular formula is C20H15F3N2O3. The smallest absolute Gasteiger partial charge is 0.416 e. The fraction of sp³-hybridized carbons (Fsp3) is 0.100. The monoisotopic (exact) mass is 388 g/mol. The molecule has 0 saturated heterocycles. The number of hydrogen-bond donors (Lipinski definition) is 1. The molecule has 144 valence electrons. The number of amides is 1. The number of hydrogen-bond acceptors (Lipinski definition) is 4. The van der Waals surface area contributed by atoms with E-state index in [1.54, 1.807) is 48.8 Å². The van der Waals surface area contributed by atoms with E-state index in [0.29, 0.717) is 17.2 Å². The highest BCUT2D eigenvalue weighted by Gasteiger charge is 2.30. The zero-order chi connectivity index (χ0) is 20.0. The Morgan fingerprint density at radius 1 is 0.929 bits per heavy atom. The van der Waals surface area contributed by atoms with Crippen LogP contribution in [-0.4, -0.2) is 17.5 Å². The zero-order valence-electron chi connectivity index (χ0n) is 14.4. The molecule has 8 heteroatoms. The molecule has 28 heavy (non-hydrogen) atoms. The van der Waals surface area contributed by atoms with E-state index in [1.165, 1.54) is 12.1 Å². The lowest BCUT2D eigenvalue weighted by atomic mass is 10.2. The maximum atomic E-state index is 12.5. The van der Waals surface area contributed by atoms with Crippen molar-refractivity contribution in [3.05, 3.63) is 78.6 Å². The van der Waals surface area contributed by atoms with Crippen LogP contribution in [0.25, 0.3) is 0 Å². The number of anilines is 1. The van der Waals surface area contributed by atoms with Crippen LogP contribution >= 0.6 is 0 Å². The molecule has 0 aliphatic heterocycles. The van der Waals surface area contributed by atoms with Crippen molar-refractivity contribution in [3.8, 4) is 17.2 Å². The lowest BCUT2D eigenvalue weighted by molar-refractivity contribution is -0.137. The molecule has 2 aromatic carbocycles. The number of pyridine rings is 1. The molecule has 0 bridgehead atoms. The van der Waals surface area contributed by atoms with Gasteiger partial charge < -0.3 is 14.8 Å². The average molecular weight is 388 g/mol. The van der Waals surface area contributed by atoms with E-state index in [1.807, 2.05) is 0 Å². The van der Waals surface area contributed by atoms with Crippen LogP contribution in [0.2, 0.25) is 0 Å². The Morgan fingerprint density at radius 3 is 2.32 bits per heavy atom. The Bertz CT molecular complexity index is 929. The summed E-state index contributed by atoms with van der Waals surface area (Å²) in [5.41, 5.74) is -0.289. The zero-order valence-corrected chi connectivity index (χ0v) is 14.4. The van der Waals surface area contributed by atoms with Crippen LogP contribution in [0.3, 0.4) is 0 Å². The molecular weight excluding hydrogens is 373 g/mol. The number of alkyl halides is 3. The molecule has 0 radical (unpaired) electrons. The summed E-state index contributed by atoms with van der Waals surface area (Å²) in [5, 5.41) is 2.64. The summed E-state index contributed by atoms with van der Waals surface area (Å²) in [5.74, 6) is 0.829. The van der Waals surface area contributed by atoms with Crippen LogP contribution in [0.15, 0.2) is 73.1 Å². The Morgan fingerprint density at radius 2 is 1.64 bits per heavy atom. The van der Waals surface area contributed by atoms with Gasteiger partial charge in [-0.05, 0) is 48.5 Å². The molecule has 5 nitrogen and oxygen atoms in total. The van der Waals surface area contributed by atoms with Crippen molar-refractivity contribution in [2.45, 2.75) is 6.18 Å². The lowest BCUT2D eigenvalue weighted by Crippen LogP contribution is -2.20. The van der Waals surface area contributed by atoms with Crippen molar-refractivity contribution in [1.82, 2.24) is 4.98 Å². The molecule has 3 aromatic rings. The number of benzene rings is 2. The van der Waals surface area contributed by atoms with E-state index in [4.69, 9.17) is 9.47 Å². The molecule has 1 amide bonds. The van der Waals surface area contributed by atoms with Crippen LogP contribution in [-0.2, 0) is 11.0 Å². The topological polar surface area (TPSA) is 60.5 Å². The molecule has 0 fully saturated rings. The first-order valence-corrected chi connectivity index (χ1v) is 8.18. The van der Waals surface area contributed by atoms with Crippen LogP contribution in [0.4, 0.5) is 18.9 Å². The van der Waals surface area contributed by atoms with Gasteiger partial charge in [0.25, 0.3) is 5.91 Å². The van der Waals surface area contributed by atoms with Gasteiger partial charge in [-0.15, -0.1) is 0 Å². The van der Waals surface area contributed by atoms with Crippen LogP contribution in [0, 0.1) is 0 Å². The van der Waals surface area contributed by atoms with Gasteiger partial charge in [0.15, 0.2) is 6.61 Å². The second-order valence-corrected chi connectivity index (χ2v) is 5.67. The van der Waals surface area contributed by atoms with Crippen LogP contribution in [0.5, 0.6) is 17.2 Å². The minimum Gasteiger partial charge on any atom is -0.484 e. The first-order chi connectivity index (χ1) is 13.4. The summed E-state index contributed by atoms with van der Waals surface area (Å²) >= 11 is 0. The van der Waals surface area contributed by atoms with Gasteiger partial charge >= 0.3 is 6.18 Å². The maximum absolute atomic E-state index is 12.5. The van der Waals surface area contributed by atoms with Crippen molar-refractivity contribution in [1.29, 1.82) is 0 Å². The van der Waals surface area contributed by atoms with Crippen molar-refractivity contribution < 1.29 is 27.4 Å². The minimum atomic E-state index is -4.42. The van der Waals surface area contributed by atoms with E-state index < -0.39 is 17.6 Å². The average Bonchev–Trinajstić information content (AvgIpc) is 2.67. The molecule has 0 saturated carbocycles. The summed E-state index contributed by atoms with van der Waals surface area (Å²) < 4.78 is 48.5. The maximum Gasteiger partial charge on any atom is 0.416 e. The van der Waals surface area contributed by atoms with Gasteiger partial charge in [-0.3, -0.25) is 9.78 Å². The summed E-state index contributed by atoms with van der Waals surface area (Å²) in [7, 11) is 0. The Hall–Kier alpha value is -3.55. The predicted molar refractivity (Wildman–Crippen MR) is 96.3 cm³/mol. The number of carbonyl (C=O) groups excluding carboxylic acids is 1. The normalized spacial score (nSPS) is 11.0. The van der Waals surface area contributed by atoms with Gasteiger partial charge in [0.1, 0.15) is 17.2 Å². The highest BCUT2D eigenvalue weighted by molar-refractivity contribution is 5.92. The van der Waals surface area contributed by atoms with Gasteiger partial charge in [-0.2, -0.15) is 13.2 Å². The molecule has 0 atom stereocenters. The predicted octanol–water partition coefficient (Wildman–Crippen LogP) is 4.91. The summed E-state index contributed by atoms with van der Waals surface area (Å²) in [6.07, 6.45) is -1.22. The molecule has 3 rings (SSSR count). The van der Waals surface area contributed by atoms with E-state index in [2.05, 4.69) is 10.3 Å². The van der Waals surface area contributed by atoms with Crippen molar-refractivity contribution in [2.75, 3.05) is 11.9 Å². The number of nitrogens with one attached hydrogen (secondary N) is 1. The molecule has 0 unspecified atom stereocenters. The number of nitrogens with zero attached hydrogens (tertiary/aromatic N) is 1. The highest BCUT2D eigenvalue weighted by Crippen LogP contribution is 2.30. The third kappa shape index (κ3) is 5.47. The largest absolute Gasteiger partial charge is 0.484 e. The Labute approximate surface area is 158 Å². The molecule has 0 aliphatic rings. The number of carbonyl (C=O) groups is 1. The Balaban J connectivity index is 1.54. The summed E-state index contributed by atoms with van der Waals surface area (Å²) in [4.78, 5) is 15.9. The van der Waals surface area contributed by atoms with Crippen molar-refractivity contribution in [2.24, 2.45) is 0 Å². The fourth-order valence-corrected chi connectivity index (χ4v) is 2.27. The SMILES string of the molecule is O=C(COc1ccc(C(F)(F)F)cc1)Nc1cccc(Oc2ccncc2)c1. The highest BCUT2D eigenvalue weighted by atomic mass is 19.4. The third-order valence-electron chi connectivity index (χ3n) is 3.55. The first-order valence-electron chi connectivity index (χ1n) is 8.18. The summed E-state index contributed by atoms with van der Waals surface area (Å²) in [6, 6.07) is 14.3. The minimum absolute atomic E-state index is 0.165. The van der Waals surface area contributed by atoms with Crippen molar-refractivity contribution >= 4 is 11.6 Å². The van der Waals surface area contributed by atoms with E-state index >= 15 is 0 Å². The molecule has 0 spiro atoms. The van der Waals surface area contributed by atoms with E-state index in [0.717, 1.165) is 12.1 Å². The standard InChI is InChI=1S/C20H15F3N2O3/c21-20(22,23)14-4-6-16(7-5-14)27-13-19(26)25-15-2-1-3-18(12-15)28-17-8-10-24-11-9-17/h1-12H,13H2,(H,25,26). The van der Waals surface area contributed by atoms with Gasteiger partial charge in [0.05, 0.1) is 5.56 Å². The van der Waals surface area contributed by atoms with Crippen LogP contribution in [0.1, 0.15) is 5.56 Å². The van der Waals surface area contributed by atoms with Gasteiger partial charge in [0, 0.05) is 24.1 Å². The summed E-state index contributed by atoms with van der Waals surface area (Å²) in [6.45, 7) is -0.346. The number of halogens is 3. The molecule has 1 N–H and O–H groups in total. The lowest BCUT2D eigenvalue weighted by Gasteiger charge is -2.10. The number of ether oxygens (including phenoxy) is 2. The Kier molecular flexibility index (Phi) is 5.78. The van der Waals surface area contributed by atoms with Gasteiger partial charge in [0.2, 0.25) is 0 Å². The second kappa shape index (κ2) is 8.43. The van der Waals surface area contributed by atoms with Crippen molar-refractivity contribution in [3.63, 3.8) is 0 Å². The van der Waals surface area contributed by atoms with Crippen LogP contribution < -0.4 is 14.8 Å². The molecule has 1 heterocycles. The second-order valence-electron chi connectivity index (χ2n) is 5.67. The quantitative estimate of drug-likeness (QED) is 0.652. The van der Waals surface area contributed by atoms with E-state index in [9.17, 15) is 18.0 Å². The van der Waals surface area contributed by atoms with Gasteiger partial charge in [-0.25, -0.2) is 0 Å². The molecule has 0 aliphatic carbocycles. The third-order valence-corrected chi connectivity index (χ3v) is 3.55. The van der Waals surface area contributed by atoms with Gasteiger partial charge in [-0.1, -0.05) is 6.07 Å². The fourth-order valence-electron chi connectivity index (χ4n) is 2.27. The number of rotatable bonds is 6. The number of aromatic nitrogens is 1. The molecule has 1 aromatic heterocycles.